The molecular formula is C52H36N2O. The van der Waals surface area contributed by atoms with Crippen molar-refractivity contribution >= 4 is 44.3 Å². The van der Waals surface area contributed by atoms with Crippen LogP contribution in [-0.4, -0.2) is 0 Å². The minimum Gasteiger partial charge on any atom is -0.483 e. The first-order valence-electron chi connectivity index (χ1n) is 19.0. The van der Waals surface area contributed by atoms with Gasteiger partial charge in [0.05, 0.1) is 5.69 Å². The molecule has 0 radical (unpaired) electrons. The number of ether oxygens (including phenoxy) is 1. The minimum absolute atomic E-state index is 0.0438. The molecule has 2 atom stereocenters. The molecule has 3 nitrogen and oxygen atoms in total. The molecule has 9 aromatic rings. The zero-order valence-electron chi connectivity index (χ0n) is 30.1. The van der Waals surface area contributed by atoms with Gasteiger partial charge in [-0.15, -0.1) is 0 Å². The lowest BCUT2D eigenvalue weighted by Crippen LogP contribution is -2.20. The summed E-state index contributed by atoms with van der Waals surface area (Å²) in [4.78, 5) is 2.50. The molecule has 2 unspecified atom stereocenters. The molecule has 55 heavy (non-hydrogen) atoms. The van der Waals surface area contributed by atoms with Crippen molar-refractivity contribution in [1.29, 1.82) is 0 Å². The molecule has 2 heterocycles. The van der Waals surface area contributed by atoms with E-state index in [0.717, 1.165) is 45.1 Å². The largest absolute Gasteiger partial charge is 0.483 e. The summed E-state index contributed by atoms with van der Waals surface area (Å²) < 4.78 is 6.74. The quantitative estimate of drug-likeness (QED) is 0.186. The number of anilines is 4. The molecule has 3 heteroatoms. The van der Waals surface area contributed by atoms with Crippen LogP contribution in [0.1, 0.15) is 23.3 Å². The third-order valence-electron chi connectivity index (χ3n) is 11.4. The van der Waals surface area contributed by atoms with Crippen molar-refractivity contribution < 1.29 is 4.74 Å². The Morgan fingerprint density at radius 1 is 0.400 bits per heavy atom. The fourth-order valence-electron chi connectivity index (χ4n) is 8.78. The zero-order chi connectivity index (χ0) is 36.3. The van der Waals surface area contributed by atoms with Crippen LogP contribution in [0.2, 0.25) is 0 Å². The summed E-state index contributed by atoms with van der Waals surface area (Å²) in [7, 11) is 0. The number of benzene rings is 9. The van der Waals surface area contributed by atoms with Gasteiger partial charge in [-0.2, -0.15) is 0 Å². The summed E-state index contributed by atoms with van der Waals surface area (Å²) >= 11 is 0. The van der Waals surface area contributed by atoms with E-state index in [0.29, 0.717) is 0 Å². The Labute approximate surface area is 320 Å². The third kappa shape index (κ3) is 5.27. The number of hydrogen-bond acceptors (Lipinski definition) is 3. The molecule has 0 aliphatic carbocycles. The molecule has 2 aliphatic heterocycles. The maximum absolute atomic E-state index is 6.74. The van der Waals surface area contributed by atoms with Gasteiger partial charge in [0.2, 0.25) is 0 Å². The van der Waals surface area contributed by atoms with Gasteiger partial charge in [0.15, 0.2) is 6.10 Å². The molecular weight excluding hydrogens is 669 g/mol. The maximum atomic E-state index is 6.74. The van der Waals surface area contributed by atoms with Crippen LogP contribution < -0.4 is 15.0 Å². The lowest BCUT2D eigenvalue weighted by molar-refractivity contribution is 0.223. The summed E-state index contributed by atoms with van der Waals surface area (Å²) in [5.41, 5.74) is 13.9. The van der Waals surface area contributed by atoms with Gasteiger partial charge >= 0.3 is 0 Å². The molecule has 0 amide bonds. The molecule has 260 valence electrons. The van der Waals surface area contributed by atoms with E-state index in [1.54, 1.807) is 0 Å². The Kier molecular flexibility index (Phi) is 7.31. The first-order valence-corrected chi connectivity index (χ1v) is 19.0. The number of nitrogens with zero attached hydrogens (tertiary/aromatic N) is 1. The standard InChI is InChI=1S/C52H36N2O/c1-2-17-41(18-3-1)54-50-43(21-12-22-45(50)52-51(54)44-20-9-11-24-49(44)55-52)40-29-30-48(46(33-40)39-28-26-35-14-5-7-16-37(35)32-39)53-47-23-10-8-19-42(47)38-27-25-34-13-4-6-15-36(34)31-38/h1-33,51-53H. The Bertz CT molecular complexity index is 2910. The minimum atomic E-state index is -0.0972. The molecule has 0 fully saturated rings. The van der Waals surface area contributed by atoms with E-state index >= 15 is 0 Å². The number of hydrogen-bond donors (Lipinski definition) is 1. The molecule has 0 bridgehead atoms. The second-order valence-electron chi connectivity index (χ2n) is 14.5. The van der Waals surface area contributed by atoms with Gasteiger partial charge in [0, 0.05) is 44.9 Å². The van der Waals surface area contributed by atoms with Crippen molar-refractivity contribution in [2.75, 3.05) is 10.2 Å². The van der Waals surface area contributed by atoms with Crippen LogP contribution in [0.4, 0.5) is 22.7 Å². The van der Waals surface area contributed by atoms with E-state index in [1.165, 1.54) is 49.5 Å². The SMILES string of the molecule is c1ccc(N2c3c(-c4ccc(Nc5ccccc5-c5ccc6ccccc6c5)c(-c5ccc6ccccc6c5)c4)cccc3C3Oc4ccccc4C32)cc1. The van der Waals surface area contributed by atoms with Crippen molar-refractivity contribution in [2.45, 2.75) is 12.1 Å². The highest BCUT2D eigenvalue weighted by Gasteiger charge is 2.48. The van der Waals surface area contributed by atoms with Gasteiger partial charge in [-0.3, -0.25) is 0 Å². The highest BCUT2D eigenvalue weighted by atomic mass is 16.5. The monoisotopic (exact) mass is 704 g/mol. The highest BCUT2D eigenvalue weighted by Crippen LogP contribution is 2.60. The maximum Gasteiger partial charge on any atom is 0.151 e. The van der Waals surface area contributed by atoms with Crippen molar-refractivity contribution in [3.8, 4) is 39.1 Å². The fraction of sp³-hybridized carbons (Fsp3) is 0.0385. The van der Waals surface area contributed by atoms with Crippen LogP contribution in [0.15, 0.2) is 200 Å². The van der Waals surface area contributed by atoms with E-state index < -0.39 is 0 Å². The topological polar surface area (TPSA) is 24.5 Å². The van der Waals surface area contributed by atoms with Crippen molar-refractivity contribution in [3.63, 3.8) is 0 Å². The van der Waals surface area contributed by atoms with Gasteiger partial charge < -0.3 is 15.0 Å². The predicted octanol–water partition coefficient (Wildman–Crippen LogP) is 14.1. The molecule has 1 N–H and O–H groups in total. The van der Waals surface area contributed by atoms with Crippen LogP contribution in [0.5, 0.6) is 5.75 Å². The molecule has 9 aromatic carbocycles. The van der Waals surface area contributed by atoms with Crippen LogP contribution in [0.3, 0.4) is 0 Å². The van der Waals surface area contributed by atoms with E-state index in [1.807, 2.05) is 0 Å². The van der Waals surface area contributed by atoms with E-state index in [4.69, 9.17) is 4.74 Å². The number of para-hydroxylation sites is 4. The summed E-state index contributed by atoms with van der Waals surface area (Å²) in [6.07, 6.45) is -0.0972. The number of fused-ring (bicyclic) bond motifs is 7. The van der Waals surface area contributed by atoms with Crippen LogP contribution >= 0.6 is 0 Å². The van der Waals surface area contributed by atoms with Crippen molar-refractivity contribution in [1.82, 2.24) is 0 Å². The smallest absolute Gasteiger partial charge is 0.151 e. The Morgan fingerprint density at radius 3 is 1.75 bits per heavy atom. The first kappa shape index (κ1) is 31.4. The van der Waals surface area contributed by atoms with Gasteiger partial charge in [-0.05, 0) is 86.8 Å². The summed E-state index contributed by atoms with van der Waals surface area (Å²) in [5.74, 6) is 0.965. The van der Waals surface area contributed by atoms with Crippen LogP contribution in [-0.2, 0) is 0 Å². The molecule has 0 saturated heterocycles. The first-order chi connectivity index (χ1) is 27.3. The highest BCUT2D eigenvalue weighted by molar-refractivity contribution is 5.97. The Balaban J connectivity index is 1.07. The van der Waals surface area contributed by atoms with Crippen LogP contribution in [0, 0.1) is 0 Å². The Hall–Kier alpha value is -7.10. The molecule has 11 rings (SSSR count). The second kappa shape index (κ2) is 12.8. The fourth-order valence-corrected chi connectivity index (χ4v) is 8.78. The van der Waals surface area contributed by atoms with Gasteiger partial charge in [0.25, 0.3) is 0 Å². The molecule has 0 saturated carbocycles. The van der Waals surface area contributed by atoms with E-state index in [9.17, 15) is 0 Å². The normalized spacial score (nSPS) is 15.4. The number of rotatable bonds is 6. The summed E-state index contributed by atoms with van der Waals surface area (Å²) in [5, 5.41) is 8.82. The molecule has 0 aromatic heterocycles. The van der Waals surface area contributed by atoms with Gasteiger partial charge in [-0.25, -0.2) is 0 Å². The van der Waals surface area contributed by atoms with Gasteiger partial charge in [-0.1, -0.05) is 152 Å². The van der Waals surface area contributed by atoms with Gasteiger partial charge in [0.1, 0.15) is 11.8 Å². The predicted molar refractivity (Wildman–Crippen MR) is 229 cm³/mol. The lowest BCUT2D eigenvalue weighted by atomic mass is 9.93. The van der Waals surface area contributed by atoms with E-state index in [2.05, 4.69) is 210 Å². The Morgan fingerprint density at radius 2 is 0.964 bits per heavy atom. The van der Waals surface area contributed by atoms with Crippen molar-refractivity contribution in [3.05, 3.63) is 211 Å². The average Bonchev–Trinajstić information content (AvgIpc) is 3.79. The summed E-state index contributed by atoms with van der Waals surface area (Å²) in [6.45, 7) is 0. The second-order valence-corrected chi connectivity index (χ2v) is 14.5. The molecule has 2 aliphatic rings. The number of nitrogens with one attached hydrogen (secondary N) is 1. The van der Waals surface area contributed by atoms with Crippen molar-refractivity contribution in [2.24, 2.45) is 0 Å². The molecule has 0 spiro atoms. The van der Waals surface area contributed by atoms with Crippen LogP contribution in [0.25, 0.3) is 54.9 Å². The average molecular weight is 705 g/mol. The van der Waals surface area contributed by atoms with E-state index in [-0.39, 0.29) is 12.1 Å². The summed E-state index contributed by atoms with van der Waals surface area (Å²) in [6, 6.07) is 72.2. The third-order valence-corrected chi connectivity index (χ3v) is 11.4. The lowest BCUT2D eigenvalue weighted by Gasteiger charge is -2.28. The zero-order valence-corrected chi connectivity index (χ0v) is 30.1.